The molecule has 29 heteroatoms. The Kier molecular flexibility index (Phi) is 21.4. The molecule has 0 saturated carbocycles. The number of para-hydroxylation sites is 2. The minimum absolute atomic E-state index is 0.0426. The van der Waals surface area contributed by atoms with Crippen molar-refractivity contribution >= 4 is 45.6 Å². The Morgan fingerprint density at radius 2 is 1.09 bits per heavy atom. The maximum absolute atomic E-state index is 13.0. The minimum atomic E-state index is -2.97. The second-order valence-corrected chi connectivity index (χ2v) is 24.4. The number of halogens is 4. The number of ether oxygens (including phenoxy) is 7. The third-order valence-corrected chi connectivity index (χ3v) is 17.0. The molecular weight excluding hydrogens is 1240 g/mol. The number of anilines is 2. The van der Waals surface area contributed by atoms with Crippen LogP contribution in [0.25, 0.3) is 44.1 Å². The summed E-state index contributed by atoms with van der Waals surface area (Å²) in [5, 5.41) is 19.8. The van der Waals surface area contributed by atoms with Crippen molar-refractivity contribution in [3.63, 3.8) is 0 Å². The number of aromatic nitrogens is 8. The summed E-state index contributed by atoms with van der Waals surface area (Å²) in [5.74, 6) is -0.781. The predicted molar refractivity (Wildman–Crippen MR) is 342 cm³/mol. The average molecular weight is 1320 g/mol. The fourth-order valence-corrected chi connectivity index (χ4v) is 12.0. The summed E-state index contributed by atoms with van der Waals surface area (Å²) in [4.78, 5) is 75.6. The quantitative estimate of drug-likeness (QED) is 0.0753. The molecule has 508 valence electrons. The molecule has 4 aromatic carbocycles. The van der Waals surface area contributed by atoms with Crippen LogP contribution in [0.2, 0.25) is 0 Å². The van der Waals surface area contributed by atoms with Gasteiger partial charge in [-0.25, -0.2) is 24.7 Å². The SMILES string of the molecule is COC(=O)[C@H]1COC(C)(C)O1.C[C@@H]1CN(c2ncc(-c3ccc4c(=O)n(C)n(Cc5ccccc5OC(F)F)c4c3)cn2)CCN1C(=O)[C@H](O)CO.C[C@@H]1CN(c2ncc(-c3ccc4c(=O)n(C)n(Cc5ccccc5OC(F)F)c4c3)cn2)CCN1C[C@H]1COC(C)(C)O1. The van der Waals surface area contributed by atoms with Crippen molar-refractivity contribution in [3.8, 4) is 33.8 Å². The largest absolute Gasteiger partial charge is 0.467 e. The van der Waals surface area contributed by atoms with Gasteiger partial charge in [0.05, 0.1) is 67.9 Å². The van der Waals surface area contributed by atoms with Gasteiger partial charge in [0.2, 0.25) is 11.9 Å². The number of methoxy groups -OCH3 is 1. The number of aliphatic hydroxyl groups is 2. The fourth-order valence-electron chi connectivity index (χ4n) is 12.0. The topological polar surface area (TPSA) is 258 Å². The van der Waals surface area contributed by atoms with E-state index in [0.717, 1.165) is 42.9 Å². The van der Waals surface area contributed by atoms with Gasteiger partial charge in [0.25, 0.3) is 17.0 Å². The van der Waals surface area contributed by atoms with Crippen molar-refractivity contribution < 1.29 is 70.5 Å². The number of rotatable bonds is 17. The Balaban J connectivity index is 0.000000178. The van der Waals surface area contributed by atoms with Crippen molar-refractivity contribution in [1.29, 1.82) is 0 Å². The van der Waals surface area contributed by atoms with Gasteiger partial charge in [-0.15, -0.1) is 0 Å². The first kappa shape index (κ1) is 69.0. The lowest BCUT2D eigenvalue weighted by molar-refractivity contribution is -0.167. The summed E-state index contributed by atoms with van der Waals surface area (Å²) >= 11 is 0. The van der Waals surface area contributed by atoms with Crippen LogP contribution in [0.3, 0.4) is 0 Å². The minimum Gasteiger partial charge on any atom is -0.467 e. The maximum atomic E-state index is 13.0. The fraction of sp³-hybridized carbons (Fsp3) is 0.455. The van der Waals surface area contributed by atoms with Crippen LogP contribution < -0.4 is 30.4 Å². The third-order valence-electron chi connectivity index (χ3n) is 17.0. The van der Waals surface area contributed by atoms with Crippen LogP contribution in [0.1, 0.15) is 52.7 Å². The average Bonchev–Trinajstić information content (AvgIpc) is 1.64. The van der Waals surface area contributed by atoms with Gasteiger partial charge in [0.15, 0.2) is 23.8 Å². The first-order valence-corrected chi connectivity index (χ1v) is 30.9. The summed E-state index contributed by atoms with van der Waals surface area (Å²) in [6.45, 7) is 10.7. The van der Waals surface area contributed by atoms with Crippen molar-refractivity contribution in [2.45, 2.75) is 110 Å². The van der Waals surface area contributed by atoms with E-state index in [0.29, 0.717) is 82.7 Å². The monoisotopic (exact) mass is 1320 g/mol. The van der Waals surface area contributed by atoms with Crippen LogP contribution in [0.4, 0.5) is 29.5 Å². The van der Waals surface area contributed by atoms with Crippen LogP contribution in [0.5, 0.6) is 11.5 Å². The smallest absolute Gasteiger partial charge is 0.387 e. The molecule has 4 aliphatic heterocycles. The second-order valence-electron chi connectivity index (χ2n) is 24.4. The first-order valence-electron chi connectivity index (χ1n) is 30.9. The van der Waals surface area contributed by atoms with Gasteiger partial charge in [0.1, 0.15) is 11.5 Å². The van der Waals surface area contributed by atoms with Gasteiger partial charge < -0.3 is 58.1 Å². The number of hydrogen-bond donors (Lipinski definition) is 2. The molecule has 95 heavy (non-hydrogen) atoms. The van der Waals surface area contributed by atoms with Crippen molar-refractivity contribution in [2.75, 3.05) is 82.5 Å². The number of nitrogens with zero attached hydrogens (tertiary/aromatic N) is 12. The lowest BCUT2D eigenvalue weighted by atomic mass is 10.1. The zero-order chi connectivity index (χ0) is 68.0. The van der Waals surface area contributed by atoms with Crippen molar-refractivity contribution in [1.82, 2.24) is 48.5 Å². The molecule has 0 aliphatic carbocycles. The van der Waals surface area contributed by atoms with Gasteiger partial charge in [0, 0.05) is 119 Å². The zero-order valence-corrected chi connectivity index (χ0v) is 54.2. The Morgan fingerprint density at radius 1 is 0.632 bits per heavy atom. The maximum Gasteiger partial charge on any atom is 0.387 e. The van der Waals surface area contributed by atoms with Gasteiger partial charge in [-0.05, 0) is 89.1 Å². The Morgan fingerprint density at radius 3 is 1.52 bits per heavy atom. The molecule has 0 unspecified atom stereocenters. The van der Waals surface area contributed by atoms with E-state index in [4.69, 9.17) is 28.8 Å². The molecular formula is C66H78F4N12O13. The number of piperazine rings is 2. The zero-order valence-electron chi connectivity index (χ0n) is 54.2. The summed E-state index contributed by atoms with van der Waals surface area (Å²) < 4.78 is 94.2. The molecule has 8 heterocycles. The normalized spacial score (nSPS) is 19.8. The molecule has 25 nitrogen and oxygen atoms in total. The molecule has 0 spiro atoms. The highest BCUT2D eigenvalue weighted by Crippen LogP contribution is 2.31. The van der Waals surface area contributed by atoms with E-state index in [-0.39, 0.29) is 60.4 Å². The number of benzene rings is 4. The highest BCUT2D eigenvalue weighted by Gasteiger charge is 2.39. The summed E-state index contributed by atoms with van der Waals surface area (Å²) in [6, 6.07) is 24.1. The highest BCUT2D eigenvalue weighted by atomic mass is 19.3. The van der Waals surface area contributed by atoms with Crippen LogP contribution in [0, 0.1) is 0 Å². The number of esters is 1. The summed E-state index contributed by atoms with van der Waals surface area (Å²) in [6.07, 6.45) is 5.02. The molecule has 4 aromatic heterocycles. The Bertz CT molecular complexity index is 4110. The number of carbonyl (C=O) groups is 2. The lowest BCUT2D eigenvalue weighted by Gasteiger charge is -2.40. The number of carbonyl (C=O) groups excluding carboxylic acids is 2. The number of aliphatic hydroxyl groups excluding tert-OH is 2. The van der Waals surface area contributed by atoms with E-state index in [2.05, 4.69) is 46.1 Å². The van der Waals surface area contributed by atoms with Crippen LogP contribution >= 0.6 is 0 Å². The van der Waals surface area contributed by atoms with E-state index in [9.17, 15) is 41.8 Å². The Labute approximate surface area is 544 Å². The van der Waals surface area contributed by atoms with Gasteiger partial charge in [-0.3, -0.25) is 38.0 Å². The molecule has 0 radical (unpaired) electrons. The summed E-state index contributed by atoms with van der Waals surface area (Å²) in [7, 11) is 4.61. The van der Waals surface area contributed by atoms with Crippen LogP contribution in [-0.2, 0) is 60.5 Å². The van der Waals surface area contributed by atoms with E-state index < -0.39 is 49.5 Å². The van der Waals surface area contributed by atoms with E-state index in [1.165, 1.54) is 28.6 Å². The predicted octanol–water partition coefficient (Wildman–Crippen LogP) is 6.26. The molecule has 0 bridgehead atoms. The molecule has 5 atom stereocenters. The summed E-state index contributed by atoms with van der Waals surface area (Å²) in [5.41, 5.74) is 5.06. The van der Waals surface area contributed by atoms with Crippen molar-refractivity contribution in [2.24, 2.45) is 14.1 Å². The van der Waals surface area contributed by atoms with E-state index >= 15 is 0 Å². The standard InChI is InChI=1S/C31H36F2N6O4.C28H30F2N6O5.C7H12O4/c1-20-16-38(12-11-37(20)18-24-19-41-31(2,3)43-24)30-34-14-23(15-35-30)21-9-10-25-26(13-21)39(36(4)28(25)40)17-22-7-5-6-8-27(22)42-29(32)33;1-17-14-34(9-10-35(17)26(40)23(38)16-37)28-31-12-20(13-32-28)18-7-8-21-22(11-18)36(33(2)25(21)39)15-19-5-3-4-6-24(19)41-27(29)30;1-7(2)10-4-5(11-7)6(8)9-3/h5-10,13-15,20,24,29H,11-12,16-19H2,1-4H3;3-8,11-13,17,23,27,37-38H,9-10,14-16H2,1-2H3;5H,4H2,1-3H3/t20-,24+;17-,23-;5-/m111/s1. The van der Waals surface area contributed by atoms with Gasteiger partial charge in [-0.1, -0.05) is 48.5 Å². The van der Waals surface area contributed by atoms with Gasteiger partial charge >= 0.3 is 19.2 Å². The molecule has 4 fully saturated rings. The molecule has 2 N–H and O–H groups in total. The number of fused-ring (bicyclic) bond motifs is 2. The second kappa shape index (κ2) is 29.4. The highest BCUT2D eigenvalue weighted by molar-refractivity contribution is 5.86. The molecule has 12 rings (SSSR count). The molecule has 8 aromatic rings. The molecule has 1 amide bonds. The third kappa shape index (κ3) is 16.1. The first-order chi connectivity index (χ1) is 45.3. The molecule has 4 aliphatic rings. The van der Waals surface area contributed by atoms with Crippen LogP contribution in [0.15, 0.2) is 119 Å². The lowest BCUT2D eigenvalue weighted by Crippen LogP contribution is -2.57. The number of alkyl halides is 4. The Hall–Kier alpha value is -8.84. The van der Waals surface area contributed by atoms with E-state index in [1.54, 1.807) is 122 Å². The molecule has 4 saturated heterocycles. The van der Waals surface area contributed by atoms with E-state index in [1.807, 2.05) is 43.9 Å². The van der Waals surface area contributed by atoms with Crippen LogP contribution in [-0.4, -0.2) is 198 Å². The van der Waals surface area contributed by atoms with Crippen molar-refractivity contribution in [3.05, 3.63) is 142 Å². The number of hydrogen-bond acceptors (Lipinski definition) is 20. The number of amides is 1. The van der Waals surface area contributed by atoms with Gasteiger partial charge in [-0.2, -0.15) is 17.6 Å².